The average molecular weight is 990 g/mol. The lowest BCUT2D eigenvalue weighted by Gasteiger charge is -2.18. The third-order valence-corrected chi connectivity index (χ3v) is 11.2. The maximum Gasteiger partial charge on any atom is 0.306 e. The molecule has 0 fully saturated rings. The fourth-order valence-corrected chi connectivity index (χ4v) is 7.01. The summed E-state index contributed by atoms with van der Waals surface area (Å²) in [6.07, 6.45) is 86.1. The zero-order valence-electron chi connectivity index (χ0n) is 45.6. The van der Waals surface area contributed by atoms with Crippen LogP contribution >= 0.6 is 0 Å². The number of ether oxygens (including phenoxy) is 3. The smallest absolute Gasteiger partial charge is 0.306 e. The Morgan fingerprint density at radius 3 is 1.03 bits per heavy atom. The lowest BCUT2D eigenvalue weighted by atomic mass is 10.1. The molecule has 1 atom stereocenters. The largest absolute Gasteiger partial charge is 0.462 e. The molecule has 400 valence electrons. The lowest BCUT2D eigenvalue weighted by molar-refractivity contribution is -0.167. The minimum Gasteiger partial charge on any atom is -0.462 e. The third kappa shape index (κ3) is 55.7. The van der Waals surface area contributed by atoms with Gasteiger partial charge in [-0.25, -0.2) is 0 Å². The molecule has 0 amide bonds. The van der Waals surface area contributed by atoms with Crippen molar-refractivity contribution in [2.75, 3.05) is 13.2 Å². The predicted octanol–water partition coefficient (Wildman–Crippen LogP) is 19.1. The highest BCUT2D eigenvalue weighted by Gasteiger charge is 2.19. The summed E-state index contributed by atoms with van der Waals surface area (Å²) in [5.74, 6) is -1.01. The first-order valence-corrected chi connectivity index (χ1v) is 28.3. The minimum atomic E-state index is -0.825. The van der Waals surface area contributed by atoms with Crippen molar-refractivity contribution >= 4 is 17.9 Å². The standard InChI is InChI=1S/C66H100O6/c1-4-7-10-13-16-19-22-25-28-31-33-36-38-41-44-47-50-53-56-59-65(68)71-62-63(61-70-64(67)58-55-52-49-46-43-40-37-34-30-27-24-21-18-15-12-9-6-3)72-66(69)60-57-54-51-48-45-42-39-35-32-29-26-23-20-17-14-11-8-5-2/h7,10-11,13-14,16-23,25-33,35-36,38-39,41,44,63H,4-6,8-9,12,15,24,34,37,40,42-43,45-62H2,1-3H3/b10-7-,14-11-,16-13-,20-17-,21-18-,22-19-,26-23-,28-25-,30-27-,32-29-,33-31+,38-36-,39-35-,44-41-. The van der Waals surface area contributed by atoms with Crippen molar-refractivity contribution in [2.24, 2.45) is 0 Å². The topological polar surface area (TPSA) is 78.9 Å². The molecule has 0 bridgehead atoms. The fraction of sp³-hybridized carbons (Fsp3) is 0.530. The molecule has 1 unspecified atom stereocenters. The molecule has 0 rings (SSSR count). The second kappa shape index (κ2) is 58.3. The monoisotopic (exact) mass is 989 g/mol. The van der Waals surface area contributed by atoms with E-state index >= 15 is 0 Å². The highest BCUT2D eigenvalue weighted by molar-refractivity contribution is 5.71. The Morgan fingerprint density at radius 2 is 0.625 bits per heavy atom. The van der Waals surface area contributed by atoms with Crippen LogP contribution in [0.2, 0.25) is 0 Å². The first-order valence-electron chi connectivity index (χ1n) is 28.3. The van der Waals surface area contributed by atoms with Gasteiger partial charge in [-0.05, 0) is 89.9 Å². The Labute approximate surface area is 441 Å². The number of carbonyl (C=O) groups excluding carboxylic acids is 3. The molecule has 0 N–H and O–H groups in total. The van der Waals surface area contributed by atoms with Gasteiger partial charge in [0.1, 0.15) is 13.2 Å². The highest BCUT2D eigenvalue weighted by atomic mass is 16.6. The highest BCUT2D eigenvalue weighted by Crippen LogP contribution is 2.13. The predicted molar refractivity (Wildman–Crippen MR) is 311 cm³/mol. The third-order valence-electron chi connectivity index (χ3n) is 11.2. The van der Waals surface area contributed by atoms with Gasteiger partial charge in [0.15, 0.2) is 6.10 Å². The first-order chi connectivity index (χ1) is 35.5. The Balaban J connectivity index is 4.61. The second-order valence-corrected chi connectivity index (χ2v) is 18.1. The number of hydrogen-bond donors (Lipinski definition) is 0. The summed E-state index contributed by atoms with van der Waals surface area (Å²) < 4.78 is 16.8. The molecule has 0 aliphatic heterocycles. The van der Waals surface area contributed by atoms with Gasteiger partial charge < -0.3 is 14.2 Å². The number of rotatable bonds is 48. The summed E-state index contributed by atoms with van der Waals surface area (Å²) in [7, 11) is 0. The Morgan fingerprint density at radius 1 is 0.306 bits per heavy atom. The SMILES string of the molecule is CC\C=C/C=C\C=C/C=C\C=C\C=C/C=C\CCCCCC(=O)OCC(COC(=O)CCCCCCCCC/C=C\C/C=C\CCCCC)OC(=O)CCCCCCC\C=C/C=C\C=C/C=C\C=C/CCC. The van der Waals surface area contributed by atoms with E-state index in [1.807, 2.05) is 109 Å². The Kier molecular flexibility index (Phi) is 54.1. The zero-order valence-corrected chi connectivity index (χ0v) is 45.6. The molecule has 0 heterocycles. The average Bonchev–Trinajstić information content (AvgIpc) is 3.38. The van der Waals surface area contributed by atoms with Crippen molar-refractivity contribution in [1.29, 1.82) is 0 Å². The van der Waals surface area contributed by atoms with Crippen LogP contribution in [-0.2, 0) is 28.6 Å². The molecule has 0 aromatic heterocycles. The molecule has 0 aromatic carbocycles. The summed E-state index contributed by atoms with van der Waals surface area (Å²) in [5.41, 5.74) is 0. The van der Waals surface area contributed by atoms with Crippen LogP contribution in [0, 0.1) is 0 Å². The van der Waals surface area contributed by atoms with Crippen LogP contribution in [0.25, 0.3) is 0 Å². The molecule has 6 heteroatoms. The van der Waals surface area contributed by atoms with Crippen molar-refractivity contribution in [1.82, 2.24) is 0 Å². The molecule has 0 saturated carbocycles. The molecule has 6 nitrogen and oxygen atoms in total. The van der Waals surface area contributed by atoms with Gasteiger partial charge in [0.05, 0.1) is 0 Å². The van der Waals surface area contributed by atoms with E-state index in [-0.39, 0.29) is 44.0 Å². The molecule has 0 saturated heterocycles. The number of unbranched alkanes of at least 4 members (excludes halogenated alkanes) is 19. The second-order valence-electron chi connectivity index (χ2n) is 18.1. The number of esters is 3. The molecule has 0 radical (unpaired) electrons. The summed E-state index contributed by atoms with van der Waals surface area (Å²) in [5, 5.41) is 0. The van der Waals surface area contributed by atoms with E-state index in [0.717, 1.165) is 103 Å². The van der Waals surface area contributed by atoms with Crippen LogP contribution in [0.3, 0.4) is 0 Å². The number of hydrogen-bond acceptors (Lipinski definition) is 6. The van der Waals surface area contributed by atoms with Crippen molar-refractivity contribution in [3.8, 4) is 0 Å². The van der Waals surface area contributed by atoms with Gasteiger partial charge in [0, 0.05) is 19.3 Å². The van der Waals surface area contributed by atoms with Gasteiger partial charge in [0.2, 0.25) is 0 Å². The van der Waals surface area contributed by atoms with Crippen molar-refractivity contribution in [2.45, 2.75) is 213 Å². The first kappa shape index (κ1) is 66.8. The van der Waals surface area contributed by atoms with Crippen molar-refractivity contribution in [3.05, 3.63) is 170 Å². The molecular formula is C66H100O6. The Bertz CT molecular complexity index is 1700. The summed E-state index contributed by atoms with van der Waals surface area (Å²) >= 11 is 0. The van der Waals surface area contributed by atoms with Crippen LogP contribution in [-0.4, -0.2) is 37.2 Å². The van der Waals surface area contributed by atoms with Gasteiger partial charge in [-0.1, -0.05) is 268 Å². The maximum absolute atomic E-state index is 12.9. The number of allylic oxidation sites excluding steroid dienone is 28. The lowest BCUT2D eigenvalue weighted by Crippen LogP contribution is -2.30. The van der Waals surface area contributed by atoms with Crippen LogP contribution in [0.1, 0.15) is 207 Å². The van der Waals surface area contributed by atoms with Gasteiger partial charge in [0.25, 0.3) is 0 Å². The van der Waals surface area contributed by atoms with Crippen LogP contribution in [0.15, 0.2) is 170 Å². The van der Waals surface area contributed by atoms with Crippen LogP contribution in [0.5, 0.6) is 0 Å². The molecule has 0 spiro atoms. The number of carbonyl (C=O) groups is 3. The van der Waals surface area contributed by atoms with E-state index in [9.17, 15) is 14.4 Å². The molecule has 0 aliphatic rings. The van der Waals surface area contributed by atoms with E-state index in [1.54, 1.807) is 0 Å². The van der Waals surface area contributed by atoms with Crippen LogP contribution < -0.4 is 0 Å². The Hall–Kier alpha value is -5.23. The van der Waals surface area contributed by atoms with E-state index in [4.69, 9.17) is 14.2 Å². The zero-order chi connectivity index (χ0) is 52.2. The maximum atomic E-state index is 12.9. The van der Waals surface area contributed by atoms with Crippen molar-refractivity contribution in [3.63, 3.8) is 0 Å². The van der Waals surface area contributed by atoms with E-state index < -0.39 is 6.10 Å². The van der Waals surface area contributed by atoms with Gasteiger partial charge in [-0.3, -0.25) is 14.4 Å². The van der Waals surface area contributed by atoms with Gasteiger partial charge >= 0.3 is 17.9 Å². The molecular weight excluding hydrogens is 889 g/mol. The summed E-state index contributed by atoms with van der Waals surface area (Å²) in [6, 6.07) is 0. The van der Waals surface area contributed by atoms with Crippen LogP contribution in [0.4, 0.5) is 0 Å². The normalized spacial score (nSPS) is 13.4. The molecule has 72 heavy (non-hydrogen) atoms. The quantitative estimate of drug-likeness (QED) is 0.0199. The van der Waals surface area contributed by atoms with Gasteiger partial charge in [-0.15, -0.1) is 0 Å². The summed E-state index contributed by atoms with van der Waals surface area (Å²) in [4.78, 5) is 38.2. The van der Waals surface area contributed by atoms with Crippen molar-refractivity contribution < 1.29 is 28.6 Å². The molecule has 0 aliphatic carbocycles. The van der Waals surface area contributed by atoms with E-state index in [1.165, 1.54) is 57.8 Å². The summed E-state index contributed by atoms with van der Waals surface area (Å²) in [6.45, 7) is 6.29. The fourth-order valence-electron chi connectivity index (χ4n) is 7.01. The van der Waals surface area contributed by atoms with Gasteiger partial charge in [-0.2, -0.15) is 0 Å². The molecule has 0 aromatic rings. The van der Waals surface area contributed by atoms with E-state index in [2.05, 4.69) is 81.5 Å². The van der Waals surface area contributed by atoms with E-state index in [0.29, 0.717) is 12.8 Å². The minimum absolute atomic E-state index is 0.117.